The number of fused-ring (bicyclic) bond motifs is 1. The number of para-hydroxylation sites is 1. The number of hydrogen-bond donors (Lipinski definition) is 1. The molecule has 1 N–H and O–H groups in total. The van der Waals surface area contributed by atoms with E-state index in [0.29, 0.717) is 17.1 Å². The standard InChI is InChI=1S/C19H19NO4/c1-12(15-11-14(22-2)8-9-17(15)23-3)20-19(21)18-10-13-6-4-5-7-16(13)24-18/h4-12H,1-3H3,(H,20,21)/t12-/m0/s1. The first-order chi connectivity index (χ1) is 11.6. The second-order valence-corrected chi connectivity index (χ2v) is 5.45. The molecule has 24 heavy (non-hydrogen) atoms. The highest BCUT2D eigenvalue weighted by atomic mass is 16.5. The molecule has 0 bridgehead atoms. The van der Waals surface area contributed by atoms with Crippen LogP contribution in [0.3, 0.4) is 0 Å². The summed E-state index contributed by atoms with van der Waals surface area (Å²) in [6.45, 7) is 1.89. The van der Waals surface area contributed by atoms with E-state index in [0.717, 1.165) is 10.9 Å². The quantitative estimate of drug-likeness (QED) is 0.772. The summed E-state index contributed by atoms with van der Waals surface area (Å²) in [5.41, 5.74) is 1.52. The summed E-state index contributed by atoms with van der Waals surface area (Å²) in [6, 6.07) is 14.5. The van der Waals surface area contributed by atoms with Crippen LogP contribution in [0.15, 0.2) is 52.9 Å². The van der Waals surface area contributed by atoms with Crippen LogP contribution in [0.25, 0.3) is 11.0 Å². The molecule has 0 spiro atoms. The number of amides is 1. The van der Waals surface area contributed by atoms with Gasteiger partial charge in [0.2, 0.25) is 0 Å². The van der Waals surface area contributed by atoms with E-state index in [-0.39, 0.29) is 17.7 Å². The fourth-order valence-electron chi connectivity index (χ4n) is 2.62. The molecule has 3 aromatic rings. The van der Waals surface area contributed by atoms with E-state index < -0.39 is 0 Å². The highest BCUT2D eigenvalue weighted by molar-refractivity contribution is 5.96. The number of furan rings is 1. The fraction of sp³-hybridized carbons (Fsp3) is 0.211. The zero-order valence-corrected chi connectivity index (χ0v) is 13.8. The van der Waals surface area contributed by atoms with Crippen molar-refractivity contribution < 1.29 is 18.7 Å². The lowest BCUT2D eigenvalue weighted by atomic mass is 10.1. The molecule has 1 aromatic heterocycles. The van der Waals surface area contributed by atoms with E-state index in [1.807, 2.05) is 49.4 Å². The molecule has 1 amide bonds. The molecule has 1 heterocycles. The van der Waals surface area contributed by atoms with Gasteiger partial charge in [-0.2, -0.15) is 0 Å². The van der Waals surface area contributed by atoms with Crippen LogP contribution < -0.4 is 14.8 Å². The minimum atomic E-state index is -0.274. The summed E-state index contributed by atoms with van der Waals surface area (Å²) in [6.07, 6.45) is 0. The van der Waals surface area contributed by atoms with Crippen molar-refractivity contribution in [2.75, 3.05) is 14.2 Å². The smallest absolute Gasteiger partial charge is 0.287 e. The lowest BCUT2D eigenvalue weighted by molar-refractivity contribution is 0.0913. The number of ether oxygens (including phenoxy) is 2. The molecule has 2 aromatic carbocycles. The first-order valence-electron chi connectivity index (χ1n) is 7.63. The van der Waals surface area contributed by atoms with Crippen molar-refractivity contribution in [1.82, 2.24) is 5.32 Å². The van der Waals surface area contributed by atoms with Crippen LogP contribution in [0, 0.1) is 0 Å². The van der Waals surface area contributed by atoms with Crippen molar-refractivity contribution in [3.63, 3.8) is 0 Å². The lowest BCUT2D eigenvalue weighted by Crippen LogP contribution is -2.26. The number of hydrogen-bond acceptors (Lipinski definition) is 4. The van der Waals surface area contributed by atoms with E-state index in [4.69, 9.17) is 13.9 Å². The van der Waals surface area contributed by atoms with Crippen LogP contribution in [0.2, 0.25) is 0 Å². The Hall–Kier alpha value is -2.95. The summed E-state index contributed by atoms with van der Waals surface area (Å²) in [4.78, 5) is 12.5. The van der Waals surface area contributed by atoms with Gasteiger partial charge in [-0.1, -0.05) is 18.2 Å². The van der Waals surface area contributed by atoms with E-state index in [9.17, 15) is 4.79 Å². The second-order valence-electron chi connectivity index (χ2n) is 5.45. The van der Waals surface area contributed by atoms with Crippen LogP contribution in [-0.2, 0) is 0 Å². The average Bonchev–Trinajstić information content (AvgIpc) is 3.05. The van der Waals surface area contributed by atoms with Gasteiger partial charge >= 0.3 is 0 Å². The number of nitrogens with one attached hydrogen (secondary N) is 1. The molecule has 0 aliphatic rings. The Morgan fingerprint density at radius 2 is 1.88 bits per heavy atom. The predicted octanol–water partition coefficient (Wildman–Crippen LogP) is 3.94. The van der Waals surface area contributed by atoms with Crippen molar-refractivity contribution in [2.45, 2.75) is 13.0 Å². The normalized spacial score (nSPS) is 12.0. The van der Waals surface area contributed by atoms with Gasteiger partial charge in [0.05, 0.1) is 20.3 Å². The topological polar surface area (TPSA) is 60.7 Å². The highest BCUT2D eigenvalue weighted by Gasteiger charge is 2.18. The van der Waals surface area contributed by atoms with Crippen molar-refractivity contribution in [3.8, 4) is 11.5 Å². The van der Waals surface area contributed by atoms with E-state index in [2.05, 4.69) is 5.32 Å². The average molecular weight is 325 g/mol. The third-order valence-electron chi connectivity index (χ3n) is 3.90. The van der Waals surface area contributed by atoms with Crippen LogP contribution in [0.1, 0.15) is 29.1 Å². The number of methoxy groups -OCH3 is 2. The maximum Gasteiger partial charge on any atom is 0.287 e. The molecule has 0 unspecified atom stereocenters. The van der Waals surface area contributed by atoms with Gasteiger partial charge in [-0.15, -0.1) is 0 Å². The van der Waals surface area contributed by atoms with Crippen LogP contribution in [0.5, 0.6) is 11.5 Å². The Labute approximate surface area is 140 Å². The Morgan fingerprint density at radius 1 is 1.08 bits per heavy atom. The van der Waals surface area contributed by atoms with E-state index >= 15 is 0 Å². The van der Waals surface area contributed by atoms with Gasteiger partial charge in [0.15, 0.2) is 5.76 Å². The summed E-state index contributed by atoms with van der Waals surface area (Å²) < 4.78 is 16.2. The zero-order valence-electron chi connectivity index (χ0n) is 13.8. The molecule has 1 atom stereocenters. The molecule has 0 saturated carbocycles. The van der Waals surface area contributed by atoms with Gasteiger partial charge in [-0.3, -0.25) is 4.79 Å². The number of benzene rings is 2. The third-order valence-corrected chi connectivity index (χ3v) is 3.90. The van der Waals surface area contributed by atoms with Gasteiger partial charge in [-0.25, -0.2) is 0 Å². The SMILES string of the molecule is COc1ccc(OC)c([C@H](C)NC(=O)c2cc3ccccc3o2)c1. The van der Waals surface area contributed by atoms with Gasteiger partial charge in [-0.05, 0) is 37.3 Å². The monoisotopic (exact) mass is 325 g/mol. The maximum absolute atomic E-state index is 12.5. The van der Waals surface area contributed by atoms with Crippen molar-refractivity contribution in [3.05, 3.63) is 59.9 Å². The second kappa shape index (κ2) is 6.66. The molecule has 0 saturated heterocycles. The van der Waals surface area contributed by atoms with Crippen LogP contribution >= 0.6 is 0 Å². The van der Waals surface area contributed by atoms with Crippen molar-refractivity contribution in [1.29, 1.82) is 0 Å². The molecule has 0 radical (unpaired) electrons. The van der Waals surface area contributed by atoms with E-state index in [1.54, 1.807) is 20.3 Å². The Kier molecular flexibility index (Phi) is 4.42. The number of carbonyl (C=O) groups is 1. The first kappa shape index (κ1) is 15.9. The van der Waals surface area contributed by atoms with Crippen molar-refractivity contribution in [2.24, 2.45) is 0 Å². The molecule has 3 rings (SSSR count). The first-order valence-corrected chi connectivity index (χ1v) is 7.63. The summed E-state index contributed by atoms with van der Waals surface area (Å²) in [5, 5.41) is 3.83. The highest BCUT2D eigenvalue weighted by Crippen LogP contribution is 2.29. The van der Waals surface area contributed by atoms with Gasteiger partial charge < -0.3 is 19.2 Å². The maximum atomic E-state index is 12.5. The molecule has 5 heteroatoms. The van der Waals surface area contributed by atoms with Gasteiger partial charge in [0.25, 0.3) is 5.91 Å². The molecule has 0 aliphatic carbocycles. The Bertz CT molecular complexity index is 836. The number of carbonyl (C=O) groups excluding carboxylic acids is 1. The molecule has 0 fully saturated rings. The fourth-order valence-corrected chi connectivity index (χ4v) is 2.62. The van der Waals surface area contributed by atoms with Crippen LogP contribution in [-0.4, -0.2) is 20.1 Å². The minimum Gasteiger partial charge on any atom is -0.497 e. The van der Waals surface area contributed by atoms with Gasteiger partial charge in [0, 0.05) is 10.9 Å². The predicted molar refractivity (Wildman–Crippen MR) is 91.6 cm³/mol. The Balaban J connectivity index is 1.83. The molecule has 0 aliphatic heterocycles. The Morgan fingerprint density at radius 3 is 2.58 bits per heavy atom. The largest absolute Gasteiger partial charge is 0.497 e. The van der Waals surface area contributed by atoms with E-state index in [1.165, 1.54) is 0 Å². The van der Waals surface area contributed by atoms with Crippen molar-refractivity contribution >= 4 is 16.9 Å². The molecule has 124 valence electrons. The number of rotatable bonds is 5. The lowest BCUT2D eigenvalue weighted by Gasteiger charge is -2.17. The van der Waals surface area contributed by atoms with Crippen LogP contribution in [0.4, 0.5) is 0 Å². The third kappa shape index (κ3) is 3.06. The summed E-state index contributed by atoms with van der Waals surface area (Å²) in [5.74, 6) is 1.40. The molecule has 5 nitrogen and oxygen atoms in total. The zero-order chi connectivity index (χ0) is 17.1. The molecular formula is C19H19NO4. The molecular weight excluding hydrogens is 306 g/mol. The summed E-state index contributed by atoms with van der Waals surface area (Å²) in [7, 11) is 3.20. The summed E-state index contributed by atoms with van der Waals surface area (Å²) >= 11 is 0. The van der Waals surface area contributed by atoms with Gasteiger partial charge in [0.1, 0.15) is 17.1 Å². The minimum absolute atomic E-state index is 0.268.